The predicted octanol–water partition coefficient (Wildman–Crippen LogP) is 2.41. The van der Waals surface area contributed by atoms with Gasteiger partial charge < -0.3 is 9.42 Å². The molecule has 2 heterocycles. The maximum Gasteiger partial charge on any atom is 0.229 e. The van der Waals surface area contributed by atoms with E-state index in [1.165, 1.54) is 25.0 Å². The molecule has 1 aliphatic heterocycles. The minimum absolute atomic E-state index is 0.189. The molecule has 0 spiro atoms. The Morgan fingerprint density at radius 2 is 1.82 bits per heavy atom. The molecule has 2 aromatic rings. The maximum atomic E-state index is 13.0. The lowest BCUT2D eigenvalue weighted by Gasteiger charge is -2.35. The Morgan fingerprint density at radius 1 is 1.09 bits per heavy atom. The normalized spacial score (nSPS) is 19.6. The van der Waals surface area contributed by atoms with Gasteiger partial charge in [-0.2, -0.15) is 4.98 Å². The van der Waals surface area contributed by atoms with Crippen molar-refractivity contribution in [3.8, 4) is 0 Å². The summed E-state index contributed by atoms with van der Waals surface area (Å²) < 4.78 is 18.3. The first-order valence-electron chi connectivity index (χ1n) is 7.83. The molecule has 0 atom stereocenters. The topological polar surface area (TPSA) is 45.4 Å². The Morgan fingerprint density at radius 3 is 2.50 bits per heavy atom. The molecule has 0 bridgehead atoms. The average Bonchev–Trinajstić information content (AvgIpc) is 3.29. The van der Waals surface area contributed by atoms with Crippen LogP contribution in [0.4, 0.5) is 10.1 Å². The molecule has 116 valence electrons. The van der Waals surface area contributed by atoms with Gasteiger partial charge in [0, 0.05) is 37.8 Å². The SMILES string of the molecule is Fc1ccc(N2CCN(Cc3noc(C4CC4)n3)CC2)cc1. The summed E-state index contributed by atoms with van der Waals surface area (Å²) in [6.45, 7) is 4.50. The smallest absolute Gasteiger partial charge is 0.229 e. The lowest BCUT2D eigenvalue weighted by Crippen LogP contribution is -2.46. The van der Waals surface area contributed by atoms with Crippen molar-refractivity contribution in [2.24, 2.45) is 0 Å². The van der Waals surface area contributed by atoms with E-state index in [1.54, 1.807) is 0 Å². The molecule has 0 unspecified atom stereocenters. The second-order valence-electron chi connectivity index (χ2n) is 6.06. The first-order valence-corrected chi connectivity index (χ1v) is 7.83. The van der Waals surface area contributed by atoms with Crippen LogP contribution in [-0.2, 0) is 6.54 Å². The van der Waals surface area contributed by atoms with Crippen molar-refractivity contribution in [1.82, 2.24) is 15.0 Å². The van der Waals surface area contributed by atoms with Gasteiger partial charge in [-0.25, -0.2) is 4.39 Å². The molecule has 4 rings (SSSR count). The molecule has 0 amide bonds. The van der Waals surface area contributed by atoms with Gasteiger partial charge >= 0.3 is 0 Å². The van der Waals surface area contributed by atoms with E-state index in [4.69, 9.17) is 4.52 Å². The van der Waals surface area contributed by atoms with E-state index >= 15 is 0 Å². The van der Waals surface area contributed by atoms with Crippen LogP contribution in [0.1, 0.15) is 30.5 Å². The molecule has 5 nitrogen and oxygen atoms in total. The van der Waals surface area contributed by atoms with Crippen LogP contribution >= 0.6 is 0 Å². The first kappa shape index (κ1) is 13.7. The van der Waals surface area contributed by atoms with Gasteiger partial charge in [-0.3, -0.25) is 4.90 Å². The fraction of sp³-hybridized carbons (Fsp3) is 0.500. The van der Waals surface area contributed by atoms with Gasteiger partial charge in [0.25, 0.3) is 0 Å². The number of halogens is 1. The first-order chi connectivity index (χ1) is 10.8. The molecule has 6 heteroatoms. The van der Waals surface area contributed by atoms with Crippen LogP contribution in [0.25, 0.3) is 0 Å². The molecule has 1 aromatic carbocycles. The van der Waals surface area contributed by atoms with Gasteiger partial charge in [-0.15, -0.1) is 0 Å². The number of hydrogen-bond donors (Lipinski definition) is 0. The highest BCUT2D eigenvalue weighted by Crippen LogP contribution is 2.38. The fourth-order valence-electron chi connectivity index (χ4n) is 2.84. The molecule has 1 saturated heterocycles. The zero-order valence-corrected chi connectivity index (χ0v) is 12.4. The Kier molecular flexibility index (Phi) is 3.54. The molecule has 0 N–H and O–H groups in total. The summed E-state index contributed by atoms with van der Waals surface area (Å²) >= 11 is 0. The van der Waals surface area contributed by atoms with E-state index in [-0.39, 0.29) is 5.82 Å². The molecule has 0 radical (unpaired) electrons. The average molecular weight is 302 g/mol. The number of hydrogen-bond acceptors (Lipinski definition) is 5. The van der Waals surface area contributed by atoms with E-state index < -0.39 is 0 Å². The van der Waals surface area contributed by atoms with E-state index in [0.717, 1.165) is 50.1 Å². The molecule has 22 heavy (non-hydrogen) atoms. The molecular weight excluding hydrogens is 283 g/mol. The number of piperazine rings is 1. The number of aromatic nitrogens is 2. The minimum atomic E-state index is -0.189. The number of nitrogens with zero attached hydrogens (tertiary/aromatic N) is 4. The van der Waals surface area contributed by atoms with Crippen molar-refractivity contribution >= 4 is 5.69 Å². The second kappa shape index (κ2) is 5.68. The predicted molar refractivity (Wildman–Crippen MR) is 80.2 cm³/mol. The number of anilines is 1. The molecule has 2 fully saturated rings. The third kappa shape index (κ3) is 2.97. The van der Waals surface area contributed by atoms with Crippen LogP contribution in [0.15, 0.2) is 28.8 Å². The molecule has 1 aliphatic carbocycles. The molecule has 2 aliphatic rings. The van der Waals surface area contributed by atoms with Crippen molar-refractivity contribution < 1.29 is 8.91 Å². The summed E-state index contributed by atoms with van der Waals surface area (Å²) in [6.07, 6.45) is 2.36. The summed E-state index contributed by atoms with van der Waals surface area (Å²) in [5.41, 5.74) is 1.08. The van der Waals surface area contributed by atoms with Crippen LogP contribution in [0.5, 0.6) is 0 Å². The lowest BCUT2D eigenvalue weighted by atomic mass is 10.2. The van der Waals surface area contributed by atoms with E-state index in [1.807, 2.05) is 12.1 Å². The Bertz CT molecular complexity index is 630. The van der Waals surface area contributed by atoms with Gasteiger partial charge in [0.05, 0.1) is 6.54 Å². The van der Waals surface area contributed by atoms with Crippen LogP contribution in [-0.4, -0.2) is 41.2 Å². The van der Waals surface area contributed by atoms with Crippen molar-refractivity contribution in [3.63, 3.8) is 0 Å². The largest absolute Gasteiger partial charge is 0.369 e. The zero-order chi connectivity index (χ0) is 14.9. The third-order valence-electron chi connectivity index (χ3n) is 4.34. The molecular formula is C16H19FN4O. The van der Waals surface area contributed by atoms with Gasteiger partial charge in [-0.1, -0.05) is 5.16 Å². The van der Waals surface area contributed by atoms with Crippen LogP contribution in [0, 0.1) is 5.82 Å². The van der Waals surface area contributed by atoms with E-state index in [9.17, 15) is 4.39 Å². The van der Waals surface area contributed by atoms with E-state index in [0.29, 0.717) is 5.92 Å². The highest BCUT2D eigenvalue weighted by Gasteiger charge is 2.30. The van der Waals surface area contributed by atoms with Gasteiger partial charge in [0.1, 0.15) is 5.82 Å². The van der Waals surface area contributed by atoms with Crippen LogP contribution in [0.2, 0.25) is 0 Å². The zero-order valence-electron chi connectivity index (χ0n) is 12.4. The van der Waals surface area contributed by atoms with Crippen molar-refractivity contribution in [1.29, 1.82) is 0 Å². The van der Waals surface area contributed by atoms with Crippen molar-refractivity contribution in [2.75, 3.05) is 31.1 Å². The van der Waals surface area contributed by atoms with Crippen LogP contribution in [0.3, 0.4) is 0 Å². The van der Waals surface area contributed by atoms with Gasteiger partial charge in [0.15, 0.2) is 5.82 Å². The quantitative estimate of drug-likeness (QED) is 0.868. The third-order valence-corrected chi connectivity index (χ3v) is 4.34. The Hall–Kier alpha value is -1.95. The van der Waals surface area contributed by atoms with Gasteiger partial charge in [0.2, 0.25) is 5.89 Å². The lowest BCUT2D eigenvalue weighted by molar-refractivity contribution is 0.240. The standard InChI is InChI=1S/C16H19FN4O/c17-13-3-5-14(6-4-13)21-9-7-20(8-10-21)11-15-18-16(22-19-15)12-1-2-12/h3-6,12H,1-2,7-11H2. The summed E-state index contributed by atoms with van der Waals surface area (Å²) in [5, 5.41) is 4.08. The highest BCUT2D eigenvalue weighted by molar-refractivity contribution is 5.46. The summed E-state index contributed by atoms with van der Waals surface area (Å²) in [6, 6.07) is 6.71. The fourth-order valence-corrected chi connectivity index (χ4v) is 2.84. The summed E-state index contributed by atoms with van der Waals surface area (Å²) in [7, 11) is 0. The highest BCUT2D eigenvalue weighted by atomic mass is 19.1. The maximum absolute atomic E-state index is 13.0. The van der Waals surface area contributed by atoms with E-state index in [2.05, 4.69) is 19.9 Å². The minimum Gasteiger partial charge on any atom is -0.369 e. The summed E-state index contributed by atoms with van der Waals surface area (Å²) in [4.78, 5) is 9.09. The van der Waals surface area contributed by atoms with Crippen LogP contribution < -0.4 is 4.90 Å². The summed E-state index contributed by atoms with van der Waals surface area (Å²) in [5.74, 6) is 1.92. The Labute approximate surface area is 128 Å². The number of rotatable bonds is 4. The van der Waals surface area contributed by atoms with Crippen molar-refractivity contribution in [2.45, 2.75) is 25.3 Å². The second-order valence-corrected chi connectivity index (χ2v) is 6.06. The number of benzene rings is 1. The Balaban J connectivity index is 1.32. The van der Waals surface area contributed by atoms with Crippen molar-refractivity contribution in [3.05, 3.63) is 41.8 Å². The molecule has 1 saturated carbocycles. The monoisotopic (exact) mass is 302 g/mol. The van der Waals surface area contributed by atoms with Gasteiger partial charge in [-0.05, 0) is 37.1 Å². The molecule has 1 aromatic heterocycles.